The fraction of sp³-hybridized carbons (Fsp3) is 0.0500. The van der Waals surface area contributed by atoms with Gasteiger partial charge in [-0.25, -0.2) is 14.2 Å². The molecule has 0 saturated carbocycles. The molecule has 0 spiro atoms. The van der Waals surface area contributed by atoms with E-state index in [-0.39, 0.29) is 11.3 Å². The van der Waals surface area contributed by atoms with Crippen LogP contribution in [0.2, 0.25) is 0 Å². The third kappa shape index (κ3) is 3.75. The Morgan fingerprint density at radius 1 is 1.12 bits per heavy atom. The number of halogens is 1. The lowest BCUT2D eigenvalue weighted by Crippen LogP contribution is -2.13. The minimum absolute atomic E-state index is 0.0272. The summed E-state index contributed by atoms with van der Waals surface area (Å²) in [6.07, 6.45) is 1.33. The molecule has 0 bridgehead atoms. The molecule has 5 nitrogen and oxygen atoms in total. The first-order valence-electron chi connectivity index (χ1n) is 7.82. The molecule has 130 valence electrons. The molecule has 1 amide bonds. The molecule has 0 aliphatic rings. The van der Waals surface area contributed by atoms with E-state index in [0.717, 1.165) is 23.0 Å². The number of para-hydroxylation sites is 1. The summed E-state index contributed by atoms with van der Waals surface area (Å²) >= 11 is 0. The highest BCUT2D eigenvalue weighted by Gasteiger charge is 2.13. The van der Waals surface area contributed by atoms with Crippen LogP contribution in [0.25, 0.3) is 16.5 Å². The summed E-state index contributed by atoms with van der Waals surface area (Å²) in [7, 11) is 0. The second kappa shape index (κ2) is 7.14. The summed E-state index contributed by atoms with van der Waals surface area (Å²) in [6, 6.07) is 14.5. The van der Waals surface area contributed by atoms with Gasteiger partial charge in [0.1, 0.15) is 5.82 Å². The molecule has 0 unspecified atom stereocenters. The van der Waals surface area contributed by atoms with Crippen molar-refractivity contribution in [3.8, 4) is 0 Å². The van der Waals surface area contributed by atoms with Crippen LogP contribution < -0.4 is 5.32 Å². The van der Waals surface area contributed by atoms with Crippen molar-refractivity contribution >= 4 is 34.0 Å². The van der Waals surface area contributed by atoms with Crippen LogP contribution in [0.4, 0.5) is 10.1 Å². The summed E-state index contributed by atoms with van der Waals surface area (Å²) in [5.41, 5.74) is 1.78. The van der Waals surface area contributed by atoms with E-state index < -0.39 is 17.7 Å². The molecule has 2 N–H and O–H groups in total. The van der Waals surface area contributed by atoms with Crippen LogP contribution in [0.3, 0.4) is 0 Å². The fourth-order valence-corrected chi connectivity index (χ4v) is 2.53. The number of aromatic nitrogens is 1. The molecule has 6 heteroatoms. The molecule has 3 rings (SSSR count). The highest BCUT2D eigenvalue weighted by atomic mass is 19.1. The van der Waals surface area contributed by atoms with Gasteiger partial charge in [0, 0.05) is 11.5 Å². The van der Waals surface area contributed by atoms with E-state index >= 15 is 0 Å². The van der Waals surface area contributed by atoms with Crippen LogP contribution in [-0.4, -0.2) is 22.0 Å². The number of nitrogens with one attached hydrogen (secondary N) is 1. The zero-order chi connectivity index (χ0) is 18.7. The fourth-order valence-electron chi connectivity index (χ4n) is 2.53. The Labute approximate surface area is 148 Å². The van der Waals surface area contributed by atoms with Crippen LogP contribution >= 0.6 is 0 Å². The maximum Gasteiger partial charge on any atom is 0.337 e. The average molecular weight is 350 g/mol. The van der Waals surface area contributed by atoms with Gasteiger partial charge in [0.2, 0.25) is 5.91 Å². The number of carboxylic acid groups (broad SMARTS) is 1. The number of anilines is 1. The third-order valence-corrected chi connectivity index (χ3v) is 3.82. The van der Waals surface area contributed by atoms with Crippen molar-refractivity contribution in [1.82, 2.24) is 4.98 Å². The van der Waals surface area contributed by atoms with E-state index in [1.54, 1.807) is 6.92 Å². The van der Waals surface area contributed by atoms with E-state index in [2.05, 4.69) is 10.3 Å². The Kier molecular flexibility index (Phi) is 4.75. The molecule has 0 aliphatic carbocycles. The average Bonchev–Trinajstić information content (AvgIpc) is 2.62. The van der Waals surface area contributed by atoms with E-state index in [4.69, 9.17) is 5.11 Å². The Morgan fingerprint density at radius 3 is 2.65 bits per heavy atom. The predicted octanol–water partition coefficient (Wildman–Crippen LogP) is 4.11. The molecule has 0 aliphatic heterocycles. The number of carbonyl (C=O) groups is 2. The minimum Gasteiger partial charge on any atom is -0.478 e. The van der Waals surface area contributed by atoms with Crippen molar-refractivity contribution in [3.05, 3.63) is 77.7 Å². The second-order valence-corrected chi connectivity index (χ2v) is 5.70. The summed E-state index contributed by atoms with van der Waals surface area (Å²) in [6.45, 7) is 1.74. The van der Waals surface area contributed by atoms with E-state index in [1.807, 2.05) is 36.4 Å². The summed E-state index contributed by atoms with van der Waals surface area (Å²) in [5.74, 6) is -2.53. The monoisotopic (exact) mass is 350 g/mol. The van der Waals surface area contributed by atoms with Gasteiger partial charge in [0.05, 0.1) is 22.5 Å². The van der Waals surface area contributed by atoms with Crippen LogP contribution in [0.5, 0.6) is 0 Å². The molecule has 3 aromatic rings. The van der Waals surface area contributed by atoms with Crippen molar-refractivity contribution in [2.45, 2.75) is 6.92 Å². The number of allylic oxidation sites excluding steroid dienone is 1. The SMILES string of the molecule is C/C(=C/C(=O)Nc1ccc(F)cc1C(=O)O)c1ccc2ccccc2n1. The summed E-state index contributed by atoms with van der Waals surface area (Å²) in [5, 5.41) is 12.6. The molecule has 1 aromatic heterocycles. The van der Waals surface area contributed by atoms with Crippen LogP contribution in [-0.2, 0) is 4.79 Å². The Bertz CT molecular complexity index is 1040. The number of hydrogen-bond acceptors (Lipinski definition) is 3. The lowest BCUT2D eigenvalue weighted by Gasteiger charge is -2.08. The van der Waals surface area contributed by atoms with Crippen LogP contribution in [0.1, 0.15) is 23.0 Å². The first-order valence-corrected chi connectivity index (χ1v) is 7.82. The topological polar surface area (TPSA) is 79.3 Å². The Morgan fingerprint density at radius 2 is 1.88 bits per heavy atom. The second-order valence-electron chi connectivity index (χ2n) is 5.70. The van der Waals surface area contributed by atoms with Gasteiger partial charge in [-0.05, 0) is 42.8 Å². The van der Waals surface area contributed by atoms with Gasteiger partial charge in [-0.2, -0.15) is 0 Å². The van der Waals surface area contributed by atoms with E-state index in [0.29, 0.717) is 11.3 Å². The maximum absolute atomic E-state index is 13.2. The van der Waals surface area contributed by atoms with Gasteiger partial charge in [-0.15, -0.1) is 0 Å². The van der Waals surface area contributed by atoms with Gasteiger partial charge in [-0.1, -0.05) is 24.3 Å². The normalized spacial score (nSPS) is 11.4. The molecule has 0 saturated heterocycles. The Hall–Kier alpha value is -3.54. The van der Waals surface area contributed by atoms with Gasteiger partial charge in [-0.3, -0.25) is 4.79 Å². The molecule has 0 radical (unpaired) electrons. The lowest BCUT2D eigenvalue weighted by molar-refractivity contribution is -0.111. The van der Waals surface area contributed by atoms with Crippen LogP contribution in [0.15, 0.2) is 60.7 Å². The lowest BCUT2D eigenvalue weighted by atomic mass is 10.1. The van der Waals surface area contributed by atoms with Crippen LogP contribution in [0, 0.1) is 5.82 Å². The number of fused-ring (bicyclic) bond motifs is 1. The van der Waals surface area contributed by atoms with Gasteiger partial charge in [0.25, 0.3) is 0 Å². The summed E-state index contributed by atoms with van der Waals surface area (Å²) in [4.78, 5) is 27.9. The van der Waals surface area contributed by atoms with Crippen molar-refractivity contribution in [3.63, 3.8) is 0 Å². The Balaban J connectivity index is 1.85. The first-order chi connectivity index (χ1) is 12.4. The summed E-state index contributed by atoms with van der Waals surface area (Å²) < 4.78 is 13.2. The molecule has 26 heavy (non-hydrogen) atoms. The smallest absolute Gasteiger partial charge is 0.337 e. The van der Waals surface area contributed by atoms with Crippen molar-refractivity contribution in [2.75, 3.05) is 5.32 Å². The number of amides is 1. The largest absolute Gasteiger partial charge is 0.478 e. The highest BCUT2D eigenvalue weighted by Crippen LogP contribution is 2.19. The molecule has 1 heterocycles. The number of carboxylic acids is 1. The number of hydrogen-bond donors (Lipinski definition) is 2. The minimum atomic E-state index is -1.32. The maximum atomic E-state index is 13.2. The predicted molar refractivity (Wildman–Crippen MR) is 97.4 cm³/mol. The molecule has 0 atom stereocenters. The highest BCUT2D eigenvalue weighted by molar-refractivity contribution is 6.07. The van der Waals surface area contributed by atoms with E-state index in [9.17, 15) is 14.0 Å². The van der Waals surface area contributed by atoms with Gasteiger partial charge >= 0.3 is 5.97 Å². The van der Waals surface area contributed by atoms with Gasteiger partial charge in [0.15, 0.2) is 0 Å². The number of benzene rings is 2. The molecular formula is C20H15FN2O3. The van der Waals surface area contributed by atoms with Gasteiger partial charge < -0.3 is 10.4 Å². The zero-order valence-electron chi connectivity index (χ0n) is 13.9. The zero-order valence-corrected chi connectivity index (χ0v) is 13.9. The third-order valence-electron chi connectivity index (χ3n) is 3.82. The van der Waals surface area contributed by atoms with Crippen molar-refractivity contribution in [2.24, 2.45) is 0 Å². The van der Waals surface area contributed by atoms with Crippen molar-refractivity contribution < 1.29 is 19.1 Å². The molecule has 2 aromatic carbocycles. The molecular weight excluding hydrogens is 335 g/mol. The number of carbonyl (C=O) groups excluding carboxylic acids is 1. The first kappa shape index (κ1) is 17.3. The number of pyridine rings is 1. The number of aromatic carboxylic acids is 1. The quantitative estimate of drug-likeness (QED) is 0.694. The van der Waals surface area contributed by atoms with Crippen molar-refractivity contribution in [1.29, 1.82) is 0 Å². The number of rotatable bonds is 4. The number of nitrogens with zero attached hydrogens (tertiary/aromatic N) is 1. The van der Waals surface area contributed by atoms with E-state index in [1.165, 1.54) is 12.1 Å². The molecule has 0 fully saturated rings. The standard InChI is InChI=1S/C20H15FN2O3/c1-12(16-8-6-13-4-2-3-5-17(13)22-16)10-19(24)23-18-9-7-14(21)11-15(18)20(25)26/h2-11H,1H3,(H,23,24)(H,25,26)/b12-10-.